The zero-order valence-electron chi connectivity index (χ0n) is 29.8. The van der Waals surface area contributed by atoms with Crippen molar-refractivity contribution in [3.63, 3.8) is 0 Å². The highest BCUT2D eigenvalue weighted by Gasteiger charge is 2.32. The van der Waals surface area contributed by atoms with Gasteiger partial charge in [-0.05, 0) is 75.2 Å². The molecule has 1 aliphatic rings. The number of para-hydroxylation sites is 1. The second-order valence-electron chi connectivity index (χ2n) is 12.9. The highest BCUT2D eigenvalue weighted by Crippen LogP contribution is 2.38. The summed E-state index contributed by atoms with van der Waals surface area (Å²) in [6.07, 6.45) is 1.15. The summed E-state index contributed by atoms with van der Waals surface area (Å²) in [4.78, 5) is 79.3. The maximum atomic E-state index is 13.6. The highest BCUT2D eigenvalue weighted by molar-refractivity contribution is 8.00. The Labute approximate surface area is 319 Å². The van der Waals surface area contributed by atoms with Crippen LogP contribution < -0.4 is 16.0 Å². The van der Waals surface area contributed by atoms with Crippen molar-refractivity contribution in [1.29, 1.82) is 0 Å². The minimum Gasteiger partial charge on any atom is -0.465 e. The summed E-state index contributed by atoms with van der Waals surface area (Å²) in [5.74, 6) is -2.38. The molecule has 0 spiro atoms. The molecule has 14 nitrogen and oxygen atoms in total. The van der Waals surface area contributed by atoms with Crippen LogP contribution in [-0.4, -0.2) is 64.6 Å². The third-order valence-electron chi connectivity index (χ3n) is 7.77. The Hall–Kier alpha value is -6.00. The van der Waals surface area contributed by atoms with Crippen LogP contribution >= 0.6 is 23.1 Å². The van der Waals surface area contributed by atoms with E-state index in [1.165, 1.54) is 54.5 Å². The summed E-state index contributed by atoms with van der Waals surface area (Å²) >= 11 is 2.37. The van der Waals surface area contributed by atoms with Gasteiger partial charge in [0.2, 0.25) is 5.91 Å². The van der Waals surface area contributed by atoms with Gasteiger partial charge in [-0.3, -0.25) is 24.5 Å². The van der Waals surface area contributed by atoms with Crippen molar-refractivity contribution in [1.82, 2.24) is 10.2 Å². The number of thioether (sulfide) groups is 1. The lowest BCUT2D eigenvalue weighted by atomic mass is 10.0. The fraction of sp³-hybridized carbons (Fsp3) is 0.237. The van der Waals surface area contributed by atoms with Gasteiger partial charge < -0.3 is 30.3 Å². The Morgan fingerprint density at radius 1 is 0.981 bits per heavy atom. The number of esters is 1. The molecule has 0 saturated carbocycles. The zero-order valence-corrected chi connectivity index (χ0v) is 31.4. The predicted octanol–water partition coefficient (Wildman–Crippen LogP) is 6.88. The quantitative estimate of drug-likeness (QED) is 0.0477. The molecule has 0 aliphatic carbocycles. The van der Waals surface area contributed by atoms with E-state index in [4.69, 9.17) is 9.47 Å². The van der Waals surface area contributed by atoms with Gasteiger partial charge in [-0.1, -0.05) is 36.4 Å². The van der Waals surface area contributed by atoms with E-state index in [-0.39, 0.29) is 40.4 Å². The molecule has 3 N–H and O–H groups in total. The monoisotopic (exact) mass is 771 g/mol. The Kier molecular flexibility index (Phi) is 12.5. The first-order valence-corrected chi connectivity index (χ1v) is 18.4. The summed E-state index contributed by atoms with van der Waals surface area (Å²) in [7, 11) is 1.26. The van der Waals surface area contributed by atoms with Crippen LogP contribution in [0.25, 0.3) is 6.08 Å². The van der Waals surface area contributed by atoms with Crippen LogP contribution in [-0.2, 0) is 32.0 Å². The first-order valence-electron chi connectivity index (χ1n) is 16.6. The molecule has 0 atom stereocenters. The Bertz CT molecular complexity index is 2130. The van der Waals surface area contributed by atoms with Crippen molar-refractivity contribution in [2.24, 2.45) is 0 Å². The molecule has 280 valence electrons. The summed E-state index contributed by atoms with van der Waals surface area (Å²) in [5, 5.41) is 20.1. The van der Waals surface area contributed by atoms with Gasteiger partial charge in [0.15, 0.2) is 0 Å². The average Bonchev–Trinajstić information content (AvgIpc) is 3.50. The van der Waals surface area contributed by atoms with Crippen LogP contribution in [0.4, 0.5) is 21.2 Å². The number of carbonyl (C=O) groups excluding carboxylic acids is 5. The van der Waals surface area contributed by atoms with Crippen molar-refractivity contribution >= 4 is 75.3 Å². The number of ether oxygens (including phenoxy) is 2. The van der Waals surface area contributed by atoms with Gasteiger partial charge in [0, 0.05) is 33.6 Å². The van der Waals surface area contributed by atoms with Crippen LogP contribution in [0.15, 0.2) is 89.5 Å². The lowest BCUT2D eigenvalue weighted by molar-refractivity contribution is -0.385. The van der Waals surface area contributed by atoms with E-state index in [9.17, 15) is 34.1 Å². The van der Waals surface area contributed by atoms with Crippen molar-refractivity contribution < 1.29 is 38.4 Å². The molecule has 5 rings (SSSR count). The van der Waals surface area contributed by atoms with Gasteiger partial charge in [0.25, 0.3) is 17.5 Å². The number of nitro benzene ring substituents is 1. The van der Waals surface area contributed by atoms with Gasteiger partial charge in [-0.15, -0.1) is 23.1 Å². The number of thiophene rings is 1. The topological polar surface area (TPSA) is 186 Å². The van der Waals surface area contributed by atoms with Gasteiger partial charge >= 0.3 is 12.1 Å². The molecule has 3 aromatic carbocycles. The molecule has 0 radical (unpaired) electrons. The molecule has 4 aromatic rings. The van der Waals surface area contributed by atoms with Gasteiger partial charge in [0.05, 0.1) is 35.5 Å². The first-order chi connectivity index (χ1) is 25.7. The number of rotatable bonds is 11. The number of methoxy groups -OCH3 is 1. The SMILES string of the molecule is COC(=O)c1c(NC(=O)CSc2cccc(NC(=O)/C(=C\c3ccccc3[N+](=O)[O-])NC(=O)c3ccccc3)c2)sc2c1CCN(C(=O)OC(C)(C)C)C2. The van der Waals surface area contributed by atoms with E-state index >= 15 is 0 Å². The van der Waals surface area contributed by atoms with Crippen LogP contribution in [0.3, 0.4) is 0 Å². The van der Waals surface area contributed by atoms with Crippen LogP contribution in [0, 0.1) is 10.1 Å². The standard InChI is InChI=1S/C38H37N5O9S2/c1-38(2,3)52-37(48)42-18-17-27-30(21-42)54-35(32(27)36(47)51-4)41-31(44)22-53-26-15-10-14-25(20-26)39-34(46)28(40-33(45)23-11-6-5-7-12-23)19-24-13-8-9-16-29(24)43(49)50/h5-16,19-20H,17-18,21-22H2,1-4H3,(H,39,46)(H,40,45)(H,41,44)/b28-19+. The van der Waals surface area contributed by atoms with Crippen molar-refractivity contribution in [2.45, 2.75) is 44.2 Å². The lowest BCUT2D eigenvalue weighted by Crippen LogP contribution is -2.39. The molecule has 0 bridgehead atoms. The number of hydrogen-bond donors (Lipinski definition) is 3. The summed E-state index contributed by atoms with van der Waals surface area (Å²) in [6.45, 7) is 5.90. The third-order valence-corrected chi connectivity index (χ3v) is 9.90. The van der Waals surface area contributed by atoms with Crippen molar-refractivity contribution in [3.8, 4) is 0 Å². The number of fused-ring (bicyclic) bond motifs is 1. The molecule has 1 aromatic heterocycles. The number of benzene rings is 3. The molecule has 0 saturated heterocycles. The first kappa shape index (κ1) is 39.2. The number of nitro groups is 1. The van der Waals surface area contributed by atoms with E-state index in [2.05, 4.69) is 16.0 Å². The molecule has 54 heavy (non-hydrogen) atoms. The fourth-order valence-corrected chi connectivity index (χ4v) is 7.36. The number of carbonyl (C=O) groups is 5. The molecule has 16 heteroatoms. The number of anilines is 2. The normalized spacial score (nSPS) is 12.6. The number of hydrogen-bond acceptors (Lipinski definition) is 11. The Morgan fingerprint density at radius 2 is 1.70 bits per heavy atom. The number of nitrogens with one attached hydrogen (secondary N) is 3. The molecule has 4 amide bonds. The Morgan fingerprint density at radius 3 is 2.41 bits per heavy atom. The molecule has 0 fully saturated rings. The fourth-order valence-electron chi connectivity index (χ4n) is 5.34. The van der Waals surface area contributed by atoms with Crippen LogP contribution in [0.5, 0.6) is 0 Å². The lowest BCUT2D eigenvalue weighted by Gasteiger charge is -2.30. The zero-order chi connectivity index (χ0) is 39.0. The van der Waals surface area contributed by atoms with Gasteiger partial charge in [0.1, 0.15) is 16.3 Å². The second-order valence-corrected chi connectivity index (χ2v) is 15.0. The summed E-state index contributed by atoms with van der Waals surface area (Å²) < 4.78 is 10.5. The van der Waals surface area contributed by atoms with Crippen molar-refractivity contribution in [2.75, 3.05) is 30.0 Å². The Balaban J connectivity index is 1.28. The van der Waals surface area contributed by atoms with E-state index < -0.39 is 40.3 Å². The second kappa shape index (κ2) is 17.2. The third kappa shape index (κ3) is 10.1. The highest BCUT2D eigenvalue weighted by atomic mass is 32.2. The molecular formula is C38H37N5O9S2. The largest absolute Gasteiger partial charge is 0.465 e. The maximum absolute atomic E-state index is 13.6. The van der Waals surface area contributed by atoms with E-state index in [0.717, 1.165) is 4.88 Å². The van der Waals surface area contributed by atoms with E-state index in [1.54, 1.807) is 86.3 Å². The van der Waals surface area contributed by atoms with Gasteiger partial charge in [-0.25, -0.2) is 9.59 Å². The van der Waals surface area contributed by atoms with Gasteiger partial charge in [-0.2, -0.15) is 0 Å². The number of nitrogens with zero attached hydrogens (tertiary/aromatic N) is 2. The van der Waals surface area contributed by atoms with Crippen LogP contribution in [0.2, 0.25) is 0 Å². The van der Waals surface area contributed by atoms with E-state index in [1.807, 2.05) is 0 Å². The van der Waals surface area contributed by atoms with Crippen LogP contribution in [0.1, 0.15) is 57.5 Å². The maximum Gasteiger partial charge on any atom is 0.410 e. The molecule has 2 heterocycles. The smallest absolute Gasteiger partial charge is 0.410 e. The molecular weight excluding hydrogens is 735 g/mol. The number of amides is 4. The van der Waals surface area contributed by atoms with Crippen molar-refractivity contribution in [3.05, 3.63) is 122 Å². The minimum atomic E-state index is -0.737. The summed E-state index contributed by atoms with van der Waals surface area (Å²) in [6, 6.07) is 20.7. The summed E-state index contributed by atoms with van der Waals surface area (Å²) in [5.41, 5.74) is 0.545. The molecule has 1 aliphatic heterocycles. The molecule has 0 unspecified atom stereocenters. The van der Waals surface area contributed by atoms with E-state index in [0.29, 0.717) is 34.1 Å². The predicted molar refractivity (Wildman–Crippen MR) is 205 cm³/mol. The average molecular weight is 772 g/mol. The minimum absolute atomic E-state index is 0.0550.